The van der Waals surface area contributed by atoms with Gasteiger partial charge in [0.25, 0.3) is 0 Å². The number of aliphatic carboxylic acids is 2. The van der Waals surface area contributed by atoms with Crippen molar-refractivity contribution >= 4 is 48.1 Å². The lowest BCUT2D eigenvalue weighted by Gasteiger charge is -2.43. The van der Waals surface area contributed by atoms with Crippen LogP contribution in [0.3, 0.4) is 0 Å². The van der Waals surface area contributed by atoms with E-state index in [9.17, 15) is 178 Å². The second kappa shape index (κ2) is 21.2. The van der Waals surface area contributed by atoms with E-state index in [1.54, 1.807) is 0 Å². The van der Waals surface area contributed by atoms with Crippen LogP contribution in [0.4, 0.5) is 158 Å². The van der Waals surface area contributed by atoms with Crippen molar-refractivity contribution in [1.82, 2.24) is 0 Å². The molecular weight excluding hydrogens is 1220 g/mol. The van der Waals surface area contributed by atoms with Crippen molar-refractivity contribution in [2.24, 2.45) is 11.3 Å². The van der Waals surface area contributed by atoms with E-state index in [4.69, 9.17) is 5.11 Å². The van der Waals surface area contributed by atoms with E-state index in [0.717, 1.165) is 0 Å². The van der Waals surface area contributed by atoms with Gasteiger partial charge in [0, 0.05) is 22.2 Å². The van der Waals surface area contributed by atoms with Crippen molar-refractivity contribution in [3.63, 3.8) is 0 Å². The molecule has 0 heterocycles. The van der Waals surface area contributed by atoms with Crippen molar-refractivity contribution in [3.8, 4) is 0 Å². The molecule has 0 amide bonds. The maximum atomic E-state index is 14.9. The van der Waals surface area contributed by atoms with E-state index >= 15 is 0 Å². The Labute approximate surface area is 397 Å². The lowest BCUT2D eigenvalue weighted by atomic mass is 9.83. The van der Waals surface area contributed by atoms with Gasteiger partial charge in [-0.3, -0.25) is 9.59 Å². The zero-order valence-electron chi connectivity index (χ0n) is 33.8. The molecule has 0 rings (SSSR count). The highest BCUT2D eigenvalue weighted by atomic mass is 32.2. The van der Waals surface area contributed by atoms with Gasteiger partial charge in [-0.05, 0) is 6.42 Å². The summed E-state index contributed by atoms with van der Waals surface area (Å²) in [5.41, 5.74) is -12.0. The zero-order valence-corrected chi connectivity index (χ0v) is 36.3. The third kappa shape index (κ3) is 11.9. The SMILES string of the molecule is O=C(O)CC(C(=O)O)C(S)CC(CO)(CSC(F)CC(F)(F)C(F)(F)C(F)(F)C(F)(F)C(F)(F)C(F)(F)C(F)(F)C(F)(F)F)CSC(F)CC(F)(F)C(F)(F)C(F)(F)C(F)(F)C(F)(F)C(F)(F)C(F)(F)C(F)(F)F. The predicted octanol–water partition coefficient (Wildman–Crippen LogP) is 13.7. The highest BCUT2D eigenvalue weighted by molar-refractivity contribution is 8.00. The van der Waals surface area contributed by atoms with Crippen molar-refractivity contribution < 1.29 is 183 Å². The molecule has 74 heavy (non-hydrogen) atoms. The number of carbonyl (C=O) groups is 2. The minimum atomic E-state index is -9.18. The van der Waals surface area contributed by atoms with Gasteiger partial charge in [-0.2, -0.15) is 162 Å². The average molecular weight is 1240 g/mol. The first-order valence-electron chi connectivity index (χ1n) is 17.6. The zero-order chi connectivity index (χ0) is 60.3. The molecule has 0 spiro atoms. The van der Waals surface area contributed by atoms with Crippen LogP contribution in [0.5, 0.6) is 0 Å². The van der Waals surface area contributed by atoms with E-state index in [0.29, 0.717) is 0 Å². The maximum absolute atomic E-state index is 14.9. The number of hydrogen-bond donors (Lipinski definition) is 4. The number of thiol groups is 1. The summed E-state index contributed by atoms with van der Waals surface area (Å²) in [5.74, 6) is -133. The van der Waals surface area contributed by atoms with Gasteiger partial charge < -0.3 is 15.3 Å². The summed E-state index contributed by atoms with van der Waals surface area (Å²) in [5, 5.41) is 25.8. The number of halogens is 36. The fraction of sp³-hybridized carbons (Fsp3) is 0.933. The number of aliphatic hydroxyl groups excluding tert-OH is 1. The Kier molecular flexibility index (Phi) is 20.5. The molecule has 0 aliphatic carbocycles. The Bertz CT molecular complexity index is 1830. The molecule has 4 unspecified atom stereocenters. The molecule has 0 aromatic heterocycles. The molecule has 442 valence electrons. The Morgan fingerprint density at radius 1 is 0.392 bits per heavy atom. The van der Waals surface area contributed by atoms with Gasteiger partial charge in [-0.15, -0.1) is 23.5 Å². The Balaban J connectivity index is 7.23. The van der Waals surface area contributed by atoms with Gasteiger partial charge in [0.2, 0.25) is 0 Å². The number of alkyl halides is 36. The van der Waals surface area contributed by atoms with Crippen molar-refractivity contribution in [3.05, 3.63) is 0 Å². The second-order valence-corrected chi connectivity index (χ2v) is 18.1. The molecule has 4 atom stereocenters. The fourth-order valence-electron chi connectivity index (χ4n) is 5.18. The molecule has 0 bridgehead atoms. The molecule has 0 aliphatic heterocycles. The lowest BCUT2D eigenvalue weighted by molar-refractivity contribution is -0.462. The molecule has 0 saturated carbocycles. The van der Waals surface area contributed by atoms with Crippen LogP contribution in [-0.2, 0) is 9.59 Å². The van der Waals surface area contributed by atoms with Crippen LogP contribution in [-0.4, -0.2) is 157 Å². The van der Waals surface area contributed by atoms with Gasteiger partial charge in [0.1, 0.15) is 0 Å². The summed E-state index contributed by atoms with van der Waals surface area (Å²) in [6, 6.07) is 0. The Morgan fingerprint density at radius 3 is 0.824 bits per heavy atom. The number of hydrogen-bond acceptors (Lipinski definition) is 6. The highest BCUT2D eigenvalue weighted by Gasteiger charge is 2.97. The average Bonchev–Trinajstić information content (AvgIpc) is 3.18. The molecule has 44 heteroatoms. The van der Waals surface area contributed by atoms with Crippen LogP contribution in [0, 0.1) is 11.3 Å². The van der Waals surface area contributed by atoms with Gasteiger partial charge in [-0.1, -0.05) is 0 Å². The molecule has 3 N–H and O–H groups in total. The third-order valence-electron chi connectivity index (χ3n) is 9.70. The standard InChI is InChI=1S/C30H22F36O5S3/c31-10(3-15(33,34)17(37,38)19(41,42)21(45,46)23(49,50)25(53,54)27(57,58)29(61,62)63)73-6-14(5-67,2-9(72)8(13(70)71)1-12(68)69)7-74-11(32)4-16(35,36)18(39,40)20(43,44)22(47,48)24(51,52)26(55,56)28(59,60)30(64,65)66/h8-11,67,72H,1-7H2,(H,68,69)(H,70,71). The van der Waals surface area contributed by atoms with Crippen molar-refractivity contribution in [1.29, 1.82) is 0 Å². The molecule has 5 nitrogen and oxygen atoms in total. The summed E-state index contributed by atoms with van der Waals surface area (Å²) in [6.07, 6.45) is -27.6. The first-order chi connectivity index (χ1) is 31.9. The summed E-state index contributed by atoms with van der Waals surface area (Å²) in [6.45, 7) is -2.17. The summed E-state index contributed by atoms with van der Waals surface area (Å²) >= 11 is 0.780. The number of thioether (sulfide) groups is 2. The van der Waals surface area contributed by atoms with Crippen LogP contribution in [0.2, 0.25) is 0 Å². The molecule has 0 aliphatic rings. The molecular formula is C30H22F36O5S3. The predicted molar refractivity (Wildman–Crippen MR) is 176 cm³/mol. The number of rotatable bonds is 29. The fourth-order valence-corrected chi connectivity index (χ4v) is 8.28. The van der Waals surface area contributed by atoms with Crippen molar-refractivity contribution in [2.75, 3.05) is 18.1 Å². The Morgan fingerprint density at radius 2 is 0.622 bits per heavy atom. The molecule has 0 fully saturated rings. The lowest BCUT2D eigenvalue weighted by Crippen LogP contribution is -2.74. The van der Waals surface area contributed by atoms with E-state index in [-0.39, 0.29) is 0 Å². The van der Waals surface area contributed by atoms with E-state index in [2.05, 4.69) is 12.6 Å². The monoisotopic (exact) mass is 1240 g/mol. The smallest absolute Gasteiger partial charge is 0.460 e. The molecule has 0 aromatic rings. The van der Waals surface area contributed by atoms with Gasteiger partial charge >= 0.3 is 107 Å². The molecule has 0 saturated heterocycles. The summed E-state index contributed by atoms with van der Waals surface area (Å²) < 4.78 is 493. The topological polar surface area (TPSA) is 94.8 Å². The van der Waals surface area contributed by atoms with Crippen molar-refractivity contribution in [2.45, 2.75) is 137 Å². The summed E-state index contributed by atoms with van der Waals surface area (Å²) in [4.78, 5) is 22.7. The number of carboxylic acid groups (broad SMARTS) is 2. The highest BCUT2D eigenvalue weighted by Crippen LogP contribution is 2.67. The Hall–Kier alpha value is -2.57. The largest absolute Gasteiger partial charge is 0.481 e. The third-order valence-corrected chi connectivity index (χ3v) is 12.9. The second-order valence-electron chi connectivity index (χ2n) is 15.1. The molecule has 0 radical (unpaired) electrons. The maximum Gasteiger partial charge on any atom is 0.460 e. The normalized spacial score (nSPS) is 18.2. The van der Waals surface area contributed by atoms with Gasteiger partial charge in [0.15, 0.2) is 11.0 Å². The first-order valence-corrected chi connectivity index (χ1v) is 20.2. The minimum absolute atomic E-state index is 1.36. The van der Waals surface area contributed by atoms with E-state index in [1.807, 2.05) is 0 Å². The first kappa shape index (κ1) is 71.4. The van der Waals surface area contributed by atoms with Crippen LogP contribution < -0.4 is 0 Å². The van der Waals surface area contributed by atoms with Crippen LogP contribution in [0.1, 0.15) is 25.7 Å². The number of carboxylic acids is 2. The quantitative estimate of drug-likeness (QED) is 0.0438. The van der Waals surface area contributed by atoms with Crippen LogP contribution in [0.15, 0.2) is 0 Å². The van der Waals surface area contributed by atoms with E-state index in [1.165, 1.54) is 0 Å². The van der Waals surface area contributed by atoms with Gasteiger partial charge in [0.05, 0.1) is 31.8 Å². The summed E-state index contributed by atoms with van der Waals surface area (Å²) in [7, 11) is 0. The minimum Gasteiger partial charge on any atom is -0.481 e. The van der Waals surface area contributed by atoms with Gasteiger partial charge in [-0.25, -0.2) is 8.78 Å². The van der Waals surface area contributed by atoms with Crippen LogP contribution >= 0.6 is 36.2 Å². The number of aliphatic hydroxyl groups is 1. The van der Waals surface area contributed by atoms with Crippen LogP contribution in [0.25, 0.3) is 0 Å². The molecule has 0 aromatic carbocycles. The van der Waals surface area contributed by atoms with E-state index < -0.39 is 202 Å².